The van der Waals surface area contributed by atoms with Crippen LogP contribution in [0.3, 0.4) is 0 Å². The standard InChI is InChI=1S/C18H19FN2O3/c1-2-20-14-9-8-13(19)10-15(14)21(18(20)24)17(16(23)11-22)12-6-4-3-5-7-12/h3-10,16-17,22-23H,2,11H2,1H3/t16-,17+/m1/s1. The van der Waals surface area contributed by atoms with Crippen molar-refractivity contribution in [3.05, 3.63) is 70.4 Å². The number of nitrogens with zero attached hydrogens (tertiary/aromatic N) is 2. The van der Waals surface area contributed by atoms with Crippen molar-refractivity contribution in [2.45, 2.75) is 25.6 Å². The molecule has 1 heterocycles. The number of fused-ring (bicyclic) bond motifs is 1. The van der Waals surface area contributed by atoms with Gasteiger partial charge in [-0.1, -0.05) is 30.3 Å². The first-order chi connectivity index (χ1) is 11.6. The maximum atomic E-state index is 13.8. The maximum Gasteiger partial charge on any atom is 0.329 e. The third-order valence-corrected chi connectivity index (χ3v) is 4.21. The number of hydrogen-bond donors (Lipinski definition) is 2. The van der Waals surface area contributed by atoms with Crippen molar-refractivity contribution in [1.29, 1.82) is 0 Å². The Morgan fingerprint density at radius 1 is 1.12 bits per heavy atom. The Hall–Kier alpha value is -2.44. The molecule has 0 amide bonds. The fourth-order valence-electron chi connectivity index (χ4n) is 3.12. The van der Waals surface area contributed by atoms with Crippen LogP contribution in [0.25, 0.3) is 11.0 Å². The van der Waals surface area contributed by atoms with E-state index in [9.17, 15) is 19.4 Å². The van der Waals surface area contributed by atoms with Gasteiger partial charge in [-0.3, -0.25) is 9.13 Å². The number of benzene rings is 2. The molecule has 0 unspecified atom stereocenters. The lowest BCUT2D eigenvalue weighted by atomic mass is 10.0. The normalized spacial score (nSPS) is 14.0. The molecule has 2 aromatic carbocycles. The summed E-state index contributed by atoms with van der Waals surface area (Å²) in [6.45, 7) is 1.74. The van der Waals surface area contributed by atoms with Gasteiger partial charge in [0, 0.05) is 6.54 Å². The van der Waals surface area contributed by atoms with Gasteiger partial charge in [0.25, 0.3) is 0 Å². The fourth-order valence-corrected chi connectivity index (χ4v) is 3.12. The average molecular weight is 330 g/mol. The van der Waals surface area contributed by atoms with Crippen molar-refractivity contribution in [1.82, 2.24) is 9.13 Å². The van der Waals surface area contributed by atoms with Gasteiger partial charge in [0.2, 0.25) is 0 Å². The quantitative estimate of drug-likeness (QED) is 0.751. The van der Waals surface area contributed by atoms with E-state index < -0.39 is 24.6 Å². The summed E-state index contributed by atoms with van der Waals surface area (Å²) in [6, 6.07) is 12.3. The molecular formula is C18H19FN2O3. The summed E-state index contributed by atoms with van der Waals surface area (Å²) in [5, 5.41) is 19.8. The van der Waals surface area contributed by atoms with E-state index >= 15 is 0 Å². The number of aryl methyl sites for hydroxylation is 1. The Bertz CT molecular complexity index is 902. The second-order valence-corrected chi connectivity index (χ2v) is 5.64. The zero-order valence-corrected chi connectivity index (χ0v) is 13.3. The number of rotatable bonds is 5. The lowest BCUT2D eigenvalue weighted by Gasteiger charge is -2.23. The highest BCUT2D eigenvalue weighted by Gasteiger charge is 2.27. The zero-order chi connectivity index (χ0) is 17.3. The van der Waals surface area contributed by atoms with Gasteiger partial charge in [0.15, 0.2) is 0 Å². The smallest absolute Gasteiger partial charge is 0.329 e. The number of hydrogen-bond acceptors (Lipinski definition) is 3. The summed E-state index contributed by atoms with van der Waals surface area (Å²) < 4.78 is 16.7. The first-order valence-corrected chi connectivity index (χ1v) is 7.82. The molecule has 0 saturated heterocycles. The van der Waals surface area contributed by atoms with Gasteiger partial charge < -0.3 is 10.2 Å². The van der Waals surface area contributed by atoms with Crippen molar-refractivity contribution >= 4 is 11.0 Å². The maximum absolute atomic E-state index is 13.8. The van der Waals surface area contributed by atoms with E-state index in [1.54, 1.807) is 30.3 Å². The molecule has 0 spiro atoms. The summed E-state index contributed by atoms with van der Waals surface area (Å²) >= 11 is 0. The van der Waals surface area contributed by atoms with Crippen LogP contribution in [0.5, 0.6) is 0 Å². The molecule has 2 atom stereocenters. The minimum absolute atomic E-state index is 0.348. The van der Waals surface area contributed by atoms with Gasteiger partial charge >= 0.3 is 5.69 Å². The lowest BCUT2D eigenvalue weighted by molar-refractivity contribution is 0.0641. The van der Waals surface area contributed by atoms with Crippen molar-refractivity contribution in [3.8, 4) is 0 Å². The van der Waals surface area contributed by atoms with E-state index in [1.165, 1.54) is 21.3 Å². The fraction of sp³-hybridized carbons (Fsp3) is 0.278. The largest absolute Gasteiger partial charge is 0.394 e. The molecule has 1 aromatic heterocycles. The first-order valence-electron chi connectivity index (χ1n) is 7.82. The number of aliphatic hydroxyl groups is 2. The monoisotopic (exact) mass is 330 g/mol. The average Bonchev–Trinajstić information content (AvgIpc) is 2.87. The summed E-state index contributed by atoms with van der Waals surface area (Å²) in [7, 11) is 0. The van der Waals surface area contributed by atoms with Crippen LogP contribution in [0.1, 0.15) is 18.5 Å². The molecule has 6 heteroatoms. The topological polar surface area (TPSA) is 67.4 Å². The van der Waals surface area contributed by atoms with Crippen molar-refractivity contribution in [2.24, 2.45) is 0 Å². The van der Waals surface area contributed by atoms with Crippen LogP contribution in [0.4, 0.5) is 4.39 Å². The highest BCUT2D eigenvalue weighted by molar-refractivity contribution is 5.76. The van der Waals surface area contributed by atoms with E-state index in [0.29, 0.717) is 23.1 Å². The summed E-state index contributed by atoms with van der Waals surface area (Å²) in [6.07, 6.45) is -1.19. The van der Waals surface area contributed by atoms with Crippen LogP contribution >= 0.6 is 0 Å². The Labute approximate surface area is 138 Å². The third kappa shape index (κ3) is 2.64. The third-order valence-electron chi connectivity index (χ3n) is 4.21. The highest BCUT2D eigenvalue weighted by atomic mass is 19.1. The predicted octanol–water partition coefficient (Wildman–Crippen LogP) is 1.90. The molecule has 0 saturated carbocycles. The van der Waals surface area contributed by atoms with Crippen molar-refractivity contribution < 1.29 is 14.6 Å². The van der Waals surface area contributed by atoms with Crippen LogP contribution < -0.4 is 5.69 Å². The minimum atomic E-state index is -1.19. The molecule has 3 rings (SSSR count). The molecule has 2 N–H and O–H groups in total. The molecule has 0 aliphatic carbocycles. The Kier molecular flexibility index (Phi) is 4.51. The van der Waals surface area contributed by atoms with Gasteiger partial charge in [-0.25, -0.2) is 9.18 Å². The van der Waals surface area contributed by atoms with Crippen LogP contribution in [0.2, 0.25) is 0 Å². The molecule has 3 aromatic rings. The van der Waals surface area contributed by atoms with Crippen LogP contribution in [0.15, 0.2) is 53.3 Å². The SMILES string of the molecule is CCn1c(=O)n([C@@H](c2ccccc2)[C@H](O)CO)c2cc(F)ccc21. The molecule has 0 radical (unpaired) electrons. The minimum Gasteiger partial charge on any atom is -0.394 e. The summed E-state index contributed by atoms with van der Waals surface area (Å²) in [4.78, 5) is 12.9. The van der Waals surface area contributed by atoms with Gasteiger partial charge in [0.1, 0.15) is 11.9 Å². The van der Waals surface area contributed by atoms with Crippen LogP contribution in [-0.4, -0.2) is 32.1 Å². The summed E-state index contributed by atoms with van der Waals surface area (Å²) in [5.74, 6) is -0.463. The Balaban J connectivity index is 2.34. The lowest BCUT2D eigenvalue weighted by Crippen LogP contribution is -2.35. The molecule has 0 aliphatic rings. The second-order valence-electron chi connectivity index (χ2n) is 5.64. The zero-order valence-electron chi connectivity index (χ0n) is 13.3. The molecule has 0 bridgehead atoms. The van der Waals surface area contributed by atoms with E-state index in [0.717, 1.165) is 0 Å². The van der Waals surface area contributed by atoms with E-state index in [1.807, 2.05) is 13.0 Å². The van der Waals surface area contributed by atoms with E-state index in [4.69, 9.17) is 0 Å². The van der Waals surface area contributed by atoms with Crippen LogP contribution in [-0.2, 0) is 6.54 Å². The number of aliphatic hydroxyl groups excluding tert-OH is 2. The van der Waals surface area contributed by atoms with E-state index in [-0.39, 0.29) is 5.69 Å². The van der Waals surface area contributed by atoms with E-state index in [2.05, 4.69) is 0 Å². The number of aromatic nitrogens is 2. The van der Waals surface area contributed by atoms with Gasteiger partial charge in [-0.2, -0.15) is 0 Å². The second kappa shape index (κ2) is 6.59. The predicted molar refractivity (Wildman–Crippen MR) is 89.5 cm³/mol. The molecule has 0 fully saturated rings. The van der Waals surface area contributed by atoms with Crippen molar-refractivity contribution in [2.75, 3.05) is 6.61 Å². The molecular weight excluding hydrogens is 311 g/mol. The Morgan fingerprint density at radius 2 is 1.83 bits per heavy atom. The molecule has 126 valence electrons. The van der Waals surface area contributed by atoms with Gasteiger partial charge in [0.05, 0.1) is 23.7 Å². The van der Waals surface area contributed by atoms with Crippen molar-refractivity contribution in [3.63, 3.8) is 0 Å². The molecule has 0 aliphatic heterocycles. The highest BCUT2D eigenvalue weighted by Crippen LogP contribution is 2.26. The van der Waals surface area contributed by atoms with Gasteiger partial charge in [-0.05, 0) is 30.7 Å². The molecule has 5 nitrogen and oxygen atoms in total. The number of halogens is 1. The Morgan fingerprint density at radius 3 is 2.46 bits per heavy atom. The first kappa shape index (κ1) is 16.4. The summed E-state index contributed by atoms with van der Waals surface area (Å²) in [5.41, 5.74) is 1.30. The molecule has 24 heavy (non-hydrogen) atoms. The van der Waals surface area contributed by atoms with Gasteiger partial charge in [-0.15, -0.1) is 0 Å². The van der Waals surface area contributed by atoms with Crippen LogP contribution in [0, 0.1) is 5.82 Å². The number of imidazole rings is 1.